The second-order valence-corrected chi connectivity index (χ2v) is 6.73. The minimum Gasteiger partial charge on any atom is -0.493 e. The average Bonchev–Trinajstić information content (AvgIpc) is 2.97. The van der Waals surface area contributed by atoms with Crippen LogP contribution in [0.25, 0.3) is 6.08 Å². The van der Waals surface area contributed by atoms with E-state index in [4.69, 9.17) is 37.4 Å². The Morgan fingerprint density at radius 1 is 0.964 bits per heavy atom. The van der Waals surface area contributed by atoms with Gasteiger partial charge < -0.3 is 14.2 Å². The molecule has 0 spiro atoms. The van der Waals surface area contributed by atoms with E-state index in [1.165, 1.54) is 26.3 Å². The summed E-state index contributed by atoms with van der Waals surface area (Å²) in [5.74, 6) is 1.20. The maximum atomic E-state index is 12.9. The lowest BCUT2D eigenvalue weighted by molar-refractivity contribution is -0.114. The summed E-state index contributed by atoms with van der Waals surface area (Å²) >= 11 is 12.0. The van der Waals surface area contributed by atoms with E-state index in [-0.39, 0.29) is 5.91 Å². The summed E-state index contributed by atoms with van der Waals surface area (Å²) in [4.78, 5) is 12.9. The van der Waals surface area contributed by atoms with Crippen LogP contribution >= 0.6 is 23.2 Å². The zero-order valence-corrected chi connectivity index (χ0v) is 17.3. The van der Waals surface area contributed by atoms with Crippen molar-refractivity contribution in [1.29, 1.82) is 0 Å². The molecule has 2 aromatic carbocycles. The van der Waals surface area contributed by atoms with Gasteiger partial charge in [-0.25, -0.2) is 0 Å². The van der Waals surface area contributed by atoms with Gasteiger partial charge in [0.1, 0.15) is 0 Å². The van der Waals surface area contributed by atoms with Crippen molar-refractivity contribution in [3.05, 3.63) is 51.5 Å². The molecule has 146 valence electrons. The minimum atomic E-state index is -0.273. The van der Waals surface area contributed by atoms with Crippen molar-refractivity contribution in [2.24, 2.45) is 5.10 Å². The number of rotatable bonds is 5. The molecule has 2 aromatic rings. The molecule has 0 saturated heterocycles. The molecule has 0 unspecified atom stereocenters. The van der Waals surface area contributed by atoms with Crippen LogP contribution in [0.3, 0.4) is 0 Å². The summed E-state index contributed by atoms with van der Waals surface area (Å²) in [5.41, 5.74) is 2.26. The van der Waals surface area contributed by atoms with Gasteiger partial charge in [-0.05, 0) is 48.9 Å². The van der Waals surface area contributed by atoms with Crippen molar-refractivity contribution < 1.29 is 19.0 Å². The first-order valence-corrected chi connectivity index (χ1v) is 9.02. The largest absolute Gasteiger partial charge is 0.493 e. The Bertz CT molecular complexity index is 977. The minimum absolute atomic E-state index is 0.273. The first-order valence-electron chi connectivity index (χ1n) is 8.26. The molecule has 1 amide bonds. The molecule has 1 aliphatic rings. The average molecular weight is 421 g/mol. The molecule has 0 saturated carbocycles. The lowest BCUT2D eigenvalue weighted by Gasteiger charge is -2.14. The summed E-state index contributed by atoms with van der Waals surface area (Å²) in [6.07, 6.45) is 1.73. The summed E-state index contributed by atoms with van der Waals surface area (Å²) in [6.45, 7) is 1.76. The zero-order chi connectivity index (χ0) is 20.4. The quantitative estimate of drug-likeness (QED) is 0.650. The summed E-state index contributed by atoms with van der Waals surface area (Å²) in [5, 5.41) is 6.40. The number of amides is 1. The predicted molar refractivity (Wildman–Crippen MR) is 111 cm³/mol. The molecule has 1 aliphatic heterocycles. The predicted octanol–water partition coefficient (Wildman–Crippen LogP) is 4.83. The molecule has 0 fully saturated rings. The van der Waals surface area contributed by atoms with Crippen molar-refractivity contribution in [2.45, 2.75) is 6.92 Å². The molecule has 6 nitrogen and oxygen atoms in total. The van der Waals surface area contributed by atoms with Crippen LogP contribution in [-0.2, 0) is 4.79 Å². The second-order valence-electron chi connectivity index (χ2n) is 5.92. The van der Waals surface area contributed by atoms with E-state index in [1.54, 1.807) is 43.3 Å². The molecule has 8 heteroatoms. The van der Waals surface area contributed by atoms with Gasteiger partial charge in [0.2, 0.25) is 5.75 Å². The number of methoxy groups -OCH3 is 3. The monoisotopic (exact) mass is 420 g/mol. The van der Waals surface area contributed by atoms with Crippen LogP contribution in [0.15, 0.2) is 41.0 Å². The molecule has 0 aromatic heterocycles. The van der Waals surface area contributed by atoms with E-state index in [9.17, 15) is 4.79 Å². The van der Waals surface area contributed by atoms with E-state index in [0.29, 0.717) is 49.8 Å². The first-order chi connectivity index (χ1) is 13.4. The fourth-order valence-electron chi connectivity index (χ4n) is 2.83. The number of halogens is 2. The van der Waals surface area contributed by atoms with Crippen molar-refractivity contribution in [3.8, 4) is 17.2 Å². The van der Waals surface area contributed by atoms with Gasteiger partial charge in [-0.15, -0.1) is 0 Å². The molecular weight excluding hydrogens is 403 g/mol. The molecule has 1 heterocycles. The molecule has 0 aliphatic carbocycles. The van der Waals surface area contributed by atoms with Crippen molar-refractivity contribution in [1.82, 2.24) is 0 Å². The van der Waals surface area contributed by atoms with E-state index >= 15 is 0 Å². The van der Waals surface area contributed by atoms with Crippen molar-refractivity contribution in [3.63, 3.8) is 0 Å². The Balaban J connectivity index is 2.00. The smallest absolute Gasteiger partial charge is 0.280 e. The first kappa shape index (κ1) is 20.0. The van der Waals surface area contributed by atoms with E-state index in [0.717, 1.165) is 0 Å². The molecule has 28 heavy (non-hydrogen) atoms. The zero-order valence-electron chi connectivity index (χ0n) is 15.7. The van der Waals surface area contributed by atoms with Crippen LogP contribution in [-0.4, -0.2) is 32.9 Å². The van der Waals surface area contributed by atoms with E-state index in [1.807, 2.05) is 0 Å². The maximum absolute atomic E-state index is 12.9. The van der Waals surface area contributed by atoms with Gasteiger partial charge in [0.15, 0.2) is 11.5 Å². The number of hydrogen-bond acceptors (Lipinski definition) is 5. The standard InChI is InChI=1S/C20H18Cl2N2O4/c1-11-14(7-12-8-17(26-2)19(28-4)18(9-12)27-3)20(25)24(23-11)13-5-6-15(21)16(22)10-13/h5-10H,1-4H3/b14-7-. The van der Waals surface area contributed by atoms with Crippen LogP contribution in [0.1, 0.15) is 12.5 Å². The van der Waals surface area contributed by atoms with Gasteiger partial charge in [0.25, 0.3) is 5.91 Å². The van der Waals surface area contributed by atoms with E-state index in [2.05, 4.69) is 5.10 Å². The molecule has 0 atom stereocenters. The SMILES string of the molecule is COc1cc(/C=C2\C(=O)N(c3ccc(Cl)c(Cl)c3)N=C2C)cc(OC)c1OC. The fourth-order valence-corrected chi connectivity index (χ4v) is 3.12. The number of hydrogen-bond donors (Lipinski definition) is 0. The Labute approximate surface area is 172 Å². The number of nitrogens with zero attached hydrogens (tertiary/aromatic N) is 2. The third-order valence-corrected chi connectivity index (χ3v) is 4.95. The Morgan fingerprint density at radius 2 is 1.61 bits per heavy atom. The van der Waals surface area contributed by atoms with Crippen LogP contribution in [0.2, 0.25) is 10.0 Å². The van der Waals surface area contributed by atoms with E-state index < -0.39 is 0 Å². The lowest BCUT2D eigenvalue weighted by atomic mass is 10.1. The third kappa shape index (κ3) is 3.66. The number of ether oxygens (including phenoxy) is 3. The number of carbonyl (C=O) groups excluding carboxylic acids is 1. The van der Waals surface area contributed by atoms with Crippen molar-refractivity contribution >= 4 is 46.6 Å². The summed E-state index contributed by atoms with van der Waals surface area (Å²) in [6, 6.07) is 8.43. The second kappa shape index (κ2) is 8.12. The topological polar surface area (TPSA) is 60.4 Å². The Hall–Kier alpha value is -2.70. The van der Waals surface area contributed by atoms with Crippen molar-refractivity contribution in [2.75, 3.05) is 26.3 Å². The highest BCUT2D eigenvalue weighted by atomic mass is 35.5. The molecule has 0 radical (unpaired) electrons. The van der Waals surface area contributed by atoms with Gasteiger partial charge in [0.05, 0.1) is 48.3 Å². The highest BCUT2D eigenvalue weighted by molar-refractivity contribution is 6.42. The van der Waals surface area contributed by atoms with Crippen LogP contribution in [0, 0.1) is 0 Å². The van der Waals surface area contributed by atoms with Crippen LogP contribution in [0.4, 0.5) is 5.69 Å². The Kier molecular flexibility index (Phi) is 5.82. The lowest BCUT2D eigenvalue weighted by Crippen LogP contribution is -2.21. The number of benzene rings is 2. The van der Waals surface area contributed by atoms with Gasteiger partial charge in [-0.2, -0.15) is 10.1 Å². The highest BCUT2D eigenvalue weighted by Crippen LogP contribution is 2.39. The van der Waals surface area contributed by atoms with Gasteiger partial charge in [0, 0.05) is 0 Å². The molecule has 0 N–H and O–H groups in total. The maximum Gasteiger partial charge on any atom is 0.280 e. The molecule has 0 bridgehead atoms. The number of anilines is 1. The van der Waals surface area contributed by atoms with Crippen LogP contribution < -0.4 is 19.2 Å². The molecule has 3 rings (SSSR count). The fraction of sp³-hybridized carbons (Fsp3) is 0.200. The third-order valence-electron chi connectivity index (χ3n) is 4.21. The summed E-state index contributed by atoms with van der Waals surface area (Å²) < 4.78 is 16.1. The number of carbonyl (C=O) groups is 1. The van der Waals surface area contributed by atoms with Crippen LogP contribution in [0.5, 0.6) is 17.2 Å². The highest BCUT2D eigenvalue weighted by Gasteiger charge is 2.29. The van der Waals surface area contributed by atoms with Gasteiger partial charge in [-0.1, -0.05) is 23.2 Å². The summed E-state index contributed by atoms with van der Waals surface area (Å²) in [7, 11) is 4.60. The van der Waals surface area contributed by atoms with Gasteiger partial charge >= 0.3 is 0 Å². The van der Waals surface area contributed by atoms with Gasteiger partial charge in [-0.3, -0.25) is 4.79 Å². The normalized spacial score (nSPS) is 15.1. The Morgan fingerprint density at radius 3 is 2.14 bits per heavy atom. The molecular formula is C20H18Cl2N2O4. The number of hydrazone groups is 1.